The maximum absolute atomic E-state index is 4.49. The normalized spacial score (nSPS) is 17.3. The highest BCUT2D eigenvalue weighted by atomic mass is 15.4. The van der Waals surface area contributed by atoms with Crippen LogP contribution >= 0.6 is 0 Å². The van der Waals surface area contributed by atoms with Gasteiger partial charge < -0.3 is 15.1 Å². The molecule has 4 rings (SSSR count). The third-order valence-corrected chi connectivity index (χ3v) is 5.38. The molecule has 0 atom stereocenters. The summed E-state index contributed by atoms with van der Waals surface area (Å²) >= 11 is 0. The molecule has 1 aromatic heterocycles. The predicted octanol–water partition coefficient (Wildman–Crippen LogP) is 2.47. The first-order chi connectivity index (χ1) is 12.8. The lowest BCUT2D eigenvalue weighted by Gasteiger charge is -2.37. The summed E-state index contributed by atoms with van der Waals surface area (Å²) < 4.78 is 0. The average Bonchev–Trinajstić information content (AvgIpc) is 3.17. The number of hydrogen-bond acceptors (Lipinski definition) is 3. The number of fused-ring (bicyclic) bond motifs is 1. The molecule has 1 saturated heterocycles. The number of anilines is 1. The maximum Gasteiger partial charge on any atom is 0.194 e. The fourth-order valence-corrected chi connectivity index (χ4v) is 3.94. The van der Waals surface area contributed by atoms with Crippen LogP contribution in [0.2, 0.25) is 0 Å². The number of aryl methyl sites for hydroxylation is 2. The van der Waals surface area contributed by atoms with E-state index in [0.29, 0.717) is 0 Å². The van der Waals surface area contributed by atoms with Crippen molar-refractivity contribution in [2.75, 3.05) is 38.1 Å². The van der Waals surface area contributed by atoms with Gasteiger partial charge in [0.2, 0.25) is 0 Å². The number of nitrogens with one attached hydrogen (secondary N) is 1. The highest BCUT2D eigenvalue weighted by Crippen LogP contribution is 2.22. The first kappa shape index (κ1) is 16.9. The zero-order valence-corrected chi connectivity index (χ0v) is 15.5. The van der Waals surface area contributed by atoms with Gasteiger partial charge in [-0.3, -0.25) is 4.99 Å². The zero-order chi connectivity index (χ0) is 17.8. The predicted molar refractivity (Wildman–Crippen MR) is 107 cm³/mol. The molecule has 0 bridgehead atoms. The number of guanidine groups is 1. The van der Waals surface area contributed by atoms with Gasteiger partial charge in [0.05, 0.1) is 0 Å². The molecule has 2 aliphatic rings. The second kappa shape index (κ2) is 7.77. The standard InChI is InChI=1S/C21H27N5/c1-22-21(24-16-17-8-9-18-5-4-6-19(18)15-17)26-13-11-25(12-14-26)20-7-2-3-10-23-20/h2-3,7-10,15H,4-6,11-14,16H2,1H3,(H,22,24). The lowest BCUT2D eigenvalue weighted by Crippen LogP contribution is -2.52. The minimum atomic E-state index is 0.834. The SMILES string of the molecule is CN=C(NCc1ccc2c(c1)CCC2)N1CCN(c2ccccn2)CC1. The first-order valence-corrected chi connectivity index (χ1v) is 9.56. The Labute approximate surface area is 155 Å². The quantitative estimate of drug-likeness (QED) is 0.683. The number of benzene rings is 1. The van der Waals surface area contributed by atoms with Gasteiger partial charge in [-0.15, -0.1) is 0 Å². The molecular formula is C21H27N5. The van der Waals surface area contributed by atoms with Gasteiger partial charge in [-0.05, 0) is 48.1 Å². The van der Waals surface area contributed by atoms with Gasteiger partial charge in [0.15, 0.2) is 5.96 Å². The fourth-order valence-electron chi connectivity index (χ4n) is 3.94. The summed E-state index contributed by atoms with van der Waals surface area (Å²) in [5.74, 6) is 2.06. The van der Waals surface area contributed by atoms with Crippen molar-refractivity contribution >= 4 is 11.8 Å². The van der Waals surface area contributed by atoms with E-state index in [1.54, 1.807) is 0 Å². The number of aromatic nitrogens is 1. The van der Waals surface area contributed by atoms with Gasteiger partial charge in [-0.1, -0.05) is 24.3 Å². The molecule has 1 N–H and O–H groups in total. The molecule has 0 spiro atoms. The van der Waals surface area contributed by atoms with Crippen LogP contribution in [0.25, 0.3) is 0 Å². The lowest BCUT2D eigenvalue weighted by molar-refractivity contribution is 0.371. The van der Waals surface area contributed by atoms with Crippen LogP contribution in [0.15, 0.2) is 47.6 Å². The summed E-state index contributed by atoms with van der Waals surface area (Å²) in [6.45, 7) is 4.69. The smallest absolute Gasteiger partial charge is 0.194 e. The largest absolute Gasteiger partial charge is 0.353 e. The minimum absolute atomic E-state index is 0.834. The molecule has 5 heteroatoms. The molecule has 1 aromatic carbocycles. The summed E-state index contributed by atoms with van der Waals surface area (Å²) in [6, 6.07) is 13.0. The van der Waals surface area contributed by atoms with Crippen molar-refractivity contribution in [3.8, 4) is 0 Å². The van der Waals surface area contributed by atoms with Crippen LogP contribution in [0.3, 0.4) is 0 Å². The summed E-state index contributed by atoms with van der Waals surface area (Å²) in [6.07, 6.45) is 5.63. The van der Waals surface area contributed by atoms with E-state index in [2.05, 4.69) is 49.4 Å². The fraction of sp³-hybridized carbons (Fsp3) is 0.429. The Morgan fingerprint density at radius 3 is 2.69 bits per heavy atom. The third-order valence-electron chi connectivity index (χ3n) is 5.38. The van der Waals surface area contributed by atoms with Crippen molar-refractivity contribution in [1.82, 2.24) is 15.2 Å². The van der Waals surface area contributed by atoms with Crippen LogP contribution in [0.5, 0.6) is 0 Å². The van der Waals surface area contributed by atoms with Crippen LogP contribution in [0, 0.1) is 0 Å². The zero-order valence-electron chi connectivity index (χ0n) is 15.5. The first-order valence-electron chi connectivity index (χ1n) is 9.56. The lowest BCUT2D eigenvalue weighted by atomic mass is 10.1. The van der Waals surface area contributed by atoms with Crippen molar-refractivity contribution in [1.29, 1.82) is 0 Å². The van der Waals surface area contributed by atoms with E-state index in [9.17, 15) is 0 Å². The summed E-state index contributed by atoms with van der Waals surface area (Å²) in [5, 5.41) is 3.54. The van der Waals surface area contributed by atoms with Crippen molar-refractivity contribution in [2.24, 2.45) is 4.99 Å². The van der Waals surface area contributed by atoms with E-state index in [1.165, 1.54) is 36.0 Å². The molecule has 1 aliphatic carbocycles. The molecule has 2 heterocycles. The van der Waals surface area contributed by atoms with Crippen LogP contribution in [-0.2, 0) is 19.4 Å². The van der Waals surface area contributed by atoms with Gasteiger partial charge >= 0.3 is 0 Å². The minimum Gasteiger partial charge on any atom is -0.353 e. The molecule has 1 fully saturated rings. The molecule has 0 amide bonds. The Morgan fingerprint density at radius 2 is 1.92 bits per heavy atom. The number of hydrogen-bond donors (Lipinski definition) is 1. The van der Waals surface area contributed by atoms with Crippen LogP contribution in [-0.4, -0.2) is 49.1 Å². The topological polar surface area (TPSA) is 43.8 Å². The molecule has 2 aromatic rings. The Balaban J connectivity index is 1.32. The van der Waals surface area contributed by atoms with Crippen LogP contribution < -0.4 is 10.2 Å². The Kier molecular flexibility index (Phi) is 5.04. The number of aliphatic imine (C=N–C) groups is 1. The summed E-state index contributed by atoms with van der Waals surface area (Å²) in [4.78, 5) is 13.6. The van der Waals surface area contributed by atoms with E-state index in [0.717, 1.165) is 44.5 Å². The van der Waals surface area contributed by atoms with Gasteiger partial charge in [0, 0.05) is 46.0 Å². The molecule has 1 aliphatic heterocycles. The molecule has 0 unspecified atom stereocenters. The van der Waals surface area contributed by atoms with Gasteiger partial charge in [-0.2, -0.15) is 0 Å². The second-order valence-corrected chi connectivity index (χ2v) is 7.02. The van der Waals surface area contributed by atoms with Crippen molar-refractivity contribution in [3.05, 3.63) is 59.3 Å². The van der Waals surface area contributed by atoms with E-state index in [1.807, 2.05) is 25.4 Å². The number of pyridine rings is 1. The molecule has 136 valence electrons. The van der Waals surface area contributed by atoms with E-state index >= 15 is 0 Å². The maximum atomic E-state index is 4.49. The Bertz CT molecular complexity index is 763. The van der Waals surface area contributed by atoms with Gasteiger partial charge in [-0.25, -0.2) is 4.98 Å². The second-order valence-electron chi connectivity index (χ2n) is 7.02. The van der Waals surface area contributed by atoms with E-state index < -0.39 is 0 Å². The molecule has 26 heavy (non-hydrogen) atoms. The summed E-state index contributed by atoms with van der Waals surface area (Å²) in [7, 11) is 1.87. The van der Waals surface area contributed by atoms with Crippen LogP contribution in [0.1, 0.15) is 23.1 Å². The average molecular weight is 349 g/mol. The van der Waals surface area contributed by atoms with Gasteiger partial charge in [0.25, 0.3) is 0 Å². The van der Waals surface area contributed by atoms with Gasteiger partial charge in [0.1, 0.15) is 5.82 Å². The highest BCUT2D eigenvalue weighted by molar-refractivity contribution is 5.80. The van der Waals surface area contributed by atoms with Crippen LogP contribution in [0.4, 0.5) is 5.82 Å². The Hall–Kier alpha value is -2.56. The molecular weight excluding hydrogens is 322 g/mol. The van der Waals surface area contributed by atoms with Crippen molar-refractivity contribution in [3.63, 3.8) is 0 Å². The third kappa shape index (κ3) is 3.66. The number of rotatable bonds is 3. The number of piperazine rings is 1. The van der Waals surface area contributed by atoms with Crippen molar-refractivity contribution < 1.29 is 0 Å². The van der Waals surface area contributed by atoms with Crippen molar-refractivity contribution in [2.45, 2.75) is 25.8 Å². The number of nitrogens with zero attached hydrogens (tertiary/aromatic N) is 4. The highest BCUT2D eigenvalue weighted by Gasteiger charge is 2.20. The summed E-state index contributed by atoms with van der Waals surface area (Å²) in [5.41, 5.74) is 4.41. The molecule has 5 nitrogen and oxygen atoms in total. The molecule has 0 saturated carbocycles. The molecule has 0 radical (unpaired) electrons. The monoisotopic (exact) mass is 349 g/mol. The van der Waals surface area contributed by atoms with E-state index in [-0.39, 0.29) is 0 Å². The Morgan fingerprint density at radius 1 is 1.08 bits per heavy atom. The van der Waals surface area contributed by atoms with E-state index in [4.69, 9.17) is 0 Å².